The number of amides is 1. The summed E-state index contributed by atoms with van der Waals surface area (Å²) in [7, 11) is -3.60. The van der Waals surface area contributed by atoms with Crippen molar-refractivity contribution >= 4 is 44.4 Å². The van der Waals surface area contributed by atoms with Gasteiger partial charge in [-0.2, -0.15) is 4.31 Å². The Hall–Kier alpha value is -2.67. The summed E-state index contributed by atoms with van der Waals surface area (Å²) < 4.78 is 27.5. The van der Waals surface area contributed by atoms with Crippen LogP contribution in [0.4, 0.5) is 0 Å². The molecule has 4 rings (SSSR count). The molecule has 0 unspecified atom stereocenters. The number of carbonyl (C=O) groups excluding carboxylic acids is 1. The predicted molar refractivity (Wildman–Crippen MR) is 120 cm³/mol. The molecular formula is C23H21ClN2O3S. The quantitative estimate of drug-likeness (QED) is 0.575. The van der Waals surface area contributed by atoms with Gasteiger partial charge in [0.25, 0.3) is 0 Å². The van der Waals surface area contributed by atoms with Crippen molar-refractivity contribution in [2.24, 2.45) is 0 Å². The van der Waals surface area contributed by atoms with E-state index in [2.05, 4.69) is 0 Å². The summed E-state index contributed by atoms with van der Waals surface area (Å²) in [6.45, 7) is 1.26. The molecule has 30 heavy (non-hydrogen) atoms. The van der Waals surface area contributed by atoms with Crippen molar-refractivity contribution < 1.29 is 13.2 Å². The Balaban J connectivity index is 1.41. The zero-order valence-electron chi connectivity index (χ0n) is 16.2. The van der Waals surface area contributed by atoms with Crippen LogP contribution in [0.3, 0.4) is 0 Å². The highest BCUT2D eigenvalue weighted by molar-refractivity contribution is 7.89. The zero-order valence-corrected chi connectivity index (χ0v) is 17.8. The van der Waals surface area contributed by atoms with Gasteiger partial charge >= 0.3 is 0 Å². The van der Waals surface area contributed by atoms with Crippen LogP contribution in [0.1, 0.15) is 5.56 Å². The molecule has 3 aromatic rings. The van der Waals surface area contributed by atoms with Crippen LogP contribution in [0.25, 0.3) is 16.8 Å². The summed E-state index contributed by atoms with van der Waals surface area (Å²) >= 11 is 5.87. The van der Waals surface area contributed by atoms with Gasteiger partial charge in [-0.3, -0.25) is 4.79 Å². The molecule has 0 atom stereocenters. The van der Waals surface area contributed by atoms with E-state index >= 15 is 0 Å². The molecule has 1 aliphatic heterocycles. The summed E-state index contributed by atoms with van der Waals surface area (Å²) in [4.78, 5) is 14.4. The lowest BCUT2D eigenvalue weighted by atomic mass is 10.1. The Kier molecular flexibility index (Phi) is 5.90. The molecule has 0 N–H and O–H groups in total. The lowest BCUT2D eigenvalue weighted by Gasteiger charge is -2.33. The summed E-state index contributed by atoms with van der Waals surface area (Å²) in [5, 5.41) is 2.53. The van der Waals surface area contributed by atoms with E-state index in [4.69, 9.17) is 11.6 Å². The Morgan fingerprint density at radius 1 is 0.867 bits per heavy atom. The number of hydrogen-bond acceptors (Lipinski definition) is 3. The molecule has 5 nitrogen and oxygen atoms in total. The maximum Gasteiger partial charge on any atom is 0.246 e. The number of benzene rings is 3. The number of sulfonamides is 1. The van der Waals surface area contributed by atoms with Crippen LogP contribution in [0.15, 0.2) is 77.7 Å². The fraction of sp³-hybridized carbons (Fsp3) is 0.174. The molecule has 0 radical (unpaired) electrons. The largest absolute Gasteiger partial charge is 0.337 e. The number of nitrogens with zero attached hydrogens (tertiary/aromatic N) is 2. The van der Waals surface area contributed by atoms with Crippen LogP contribution in [-0.4, -0.2) is 49.7 Å². The number of hydrogen-bond donors (Lipinski definition) is 0. The number of rotatable bonds is 4. The van der Waals surface area contributed by atoms with Crippen LogP contribution >= 0.6 is 11.6 Å². The third-order valence-corrected chi connectivity index (χ3v) is 7.34. The highest BCUT2D eigenvalue weighted by atomic mass is 35.5. The van der Waals surface area contributed by atoms with Gasteiger partial charge in [0.15, 0.2) is 0 Å². The summed E-state index contributed by atoms with van der Waals surface area (Å²) in [6.07, 6.45) is 3.24. The summed E-state index contributed by atoms with van der Waals surface area (Å²) in [5.74, 6) is -0.132. The molecular weight excluding hydrogens is 420 g/mol. The SMILES string of the molecule is O=C(C=Cc1ccc(Cl)cc1)N1CCN(S(=O)(=O)c2ccc3ccccc3c2)CC1. The van der Waals surface area contributed by atoms with Crippen molar-refractivity contribution in [3.63, 3.8) is 0 Å². The van der Waals surface area contributed by atoms with Gasteiger partial charge in [-0.05, 0) is 46.7 Å². The van der Waals surface area contributed by atoms with Crippen LogP contribution in [-0.2, 0) is 14.8 Å². The monoisotopic (exact) mass is 440 g/mol. The van der Waals surface area contributed by atoms with Crippen LogP contribution < -0.4 is 0 Å². The van der Waals surface area contributed by atoms with E-state index in [9.17, 15) is 13.2 Å². The fourth-order valence-electron chi connectivity index (χ4n) is 3.47. The first-order chi connectivity index (χ1) is 14.4. The first-order valence-electron chi connectivity index (χ1n) is 9.65. The van der Waals surface area contributed by atoms with Crippen molar-refractivity contribution in [2.75, 3.05) is 26.2 Å². The molecule has 0 spiro atoms. The molecule has 0 aliphatic carbocycles. The van der Waals surface area contributed by atoms with Crippen LogP contribution in [0.5, 0.6) is 0 Å². The summed E-state index contributed by atoms with van der Waals surface area (Å²) in [5.41, 5.74) is 0.880. The number of halogens is 1. The number of fused-ring (bicyclic) bond motifs is 1. The maximum atomic E-state index is 13.0. The van der Waals surface area contributed by atoms with Crippen molar-refractivity contribution in [1.82, 2.24) is 9.21 Å². The Labute approximate surface area is 181 Å². The maximum absolute atomic E-state index is 13.0. The molecule has 0 bridgehead atoms. The Bertz CT molecular complexity index is 1200. The number of piperazine rings is 1. The Morgan fingerprint density at radius 2 is 1.53 bits per heavy atom. The van der Waals surface area contributed by atoms with Crippen molar-refractivity contribution in [2.45, 2.75) is 4.90 Å². The summed E-state index contributed by atoms with van der Waals surface area (Å²) in [6, 6.07) is 20.0. The molecule has 1 fully saturated rings. The highest BCUT2D eigenvalue weighted by Crippen LogP contribution is 2.23. The van der Waals surface area contributed by atoms with E-state index in [1.807, 2.05) is 42.5 Å². The van der Waals surface area contributed by atoms with Crippen LogP contribution in [0.2, 0.25) is 5.02 Å². The molecule has 3 aromatic carbocycles. The lowest BCUT2D eigenvalue weighted by molar-refractivity contribution is -0.127. The van der Waals surface area contributed by atoms with E-state index in [0.717, 1.165) is 16.3 Å². The van der Waals surface area contributed by atoms with E-state index in [-0.39, 0.29) is 23.9 Å². The van der Waals surface area contributed by atoms with E-state index in [1.54, 1.807) is 35.2 Å². The lowest BCUT2D eigenvalue weighted by Crippen LogP contribution is -2.50. The van der Waals surface area contributed by atoms with Gasteiger partial charge < -0.3 is 4.90 Å². The molecule has 1 saturated heterocycles. The smallest absolute Gasteiger partial charge is 0.246 e. The molecule has 0 saturated carbocycles. The molecule has 0 aromatic heterocycles. The second kappa shape index (κ2) is 8.60. The number of carbonyl (C=O) groups is 1. The highest BCUT2D eigenvalue weighted by Gasteiger charge is 2.29. The van der Waals surface area contributed by atoms with Gasteiger partial charge in [-0.15, -0.1) is 0 Å². The van der Waals surface area contributed by atoms with Gasteiger partial charge in [0.2, 0.25) is 15.9 Å². The van der Waals surface area contributed by atoms with Crippen LogP contribution in [0, 0.1) is 0 Å². The Morgan fingerprint density at radius 3 is 2.23 bits per heavy atom. The average Bonchev–Trinajstić information content (AvgIpc) is 2.78. The molecule has 154 valence electrons. The van der Waals surface area contributed by atoms with Crippen molar-refractivity contribution in [1.29, 1.82) is 0 Å². The molecule has 1 amide bonds. The van der Waals surface area contributed by atoms with Gasteiger partial charge in [0.1, 0.15) is 0 Å². The third kappa shape index (κ3) is 4.41. The minimum Gasteiger partial charge on any atom is -0.337 e. The fourth-order valence-corrected chi connectivity index (χ4v) is 5.06. The standard InChI is InChI=1S/C23H21ClN2O3S/c24-21-9-5-18(6-10-21)7-12-23(27)25-13-15-26(16-14-25)30(28,29)22-11-8-19-3-1-2-4-20(19)17-22/h1-12,17H,13-16H2. The minimum atomic E-state index is -3.60. The second-order valence-corrected chi connectivity index (χ2v) is 9.50. The van der Waals surface area contributed by atoms with Crippen molar-refractivity contribution in [3.8, 4) is 0 Å². The average molecular weight is 441 g/mol. The topological polar surface area (TPSA) is 57.7 Å². The first kappa shape index (κ1) is 20.6. The van der Waals surface area contributed by atoms with Gasteiger partial charge in [0.05, 0.1) is 4.90 Å². The van der Waals surface area contributed by atoms with Gasteiger partial charge in [-0.25, -0.2) is 8.42 Å². The molecule has 7 heteroatoms. The van der Waals surface area contributed by atoms with Crippen molar-refractivity contribution in [3.05, 3.63) is 83.4 Å². The van der Waals surface area contributed by atoms with E-state index in [1.165, 1.54) is 10.4 Å². The predicted octanol–water partition coefficient (Wildman–Crippen LogP) is 4.04. The molecule has 1 aliphatic rings. The molecule has 1 heterocycles. The van der Waals surface area contributed by atoms with E-state index in [0.29, 0.717) is 18.1 Å². The van der Waals surface area contributed by atoms with E-state index < -0.39 is 10.0 Å². The zero-order chi connectivity index (χ0) is 21.1. The normalized spacial score (nSPS) is 15.7. The second-order valence-electron chi connectivity index (χ2n) is 7.12. The van der Waals surface area contributed by atoms with Gasteiger partial charge in [-0.1, -0.05) is 54.1 Å². The first-order valence-corrected chi connectivity index (χ1v) is 11.5. The third-order valence-electron chi connectivity index (χ3n) is 5.20. The minimum absolute atomic E-state index is 0.132. The van der Waals surface area contributed by atoms with Gasteiger partial charge in [0, 0.05) is 37.3 Å².